The first-order valence-electron chi connectivity index (χ1n) is 15.0. The predicted molar refractivity (Wildman–Crippen MR) is 176 cm³/mol. The Labute approximate surface area is 270 Å². The van der Waals surface area contributed by atoms with Crippen LogP contribution >= 0.6 is 0 Å². The lowest BCUT2D eigenvalue weighted by Gasteiger charge is -2.27. The maximum absolute atomic E-state index is 14.8. The van der Waals surface area contributed by atoms with Crippen LogP contribution in [0.4, 0.5) is 21.7 Å². The Bertz CT molecular complexity index is 1720. The van der Waals surface area contributed by atoms with Crippen molar-refractivity contribution in [1.29, 1.82) is 5.41 Å². The van der Waals surface area contributed by atoms with E-state index in [1.54, 1.807) is 18.6 Å². The van der Waals surface area contributed by atoms with Gasteiger partial charge in [-0.3, -0.25) is 19.7 Å². The van der Waals surface area contributed by atoms with Crippen molar-refractivity contribution in [2.24, 2.45) is 11.5 Å². The van der Waals surface area contributed by atoms with Crippen molar-refractivity contribution in [3.8, 4) is 11.5 Å². The molecular formula is C31H40FN9O6. The number of anilines is 3. The maximum Gasteiger partial charge on any atom is 0.277 e. The van der Waals surface area contributed by atoms with E-state index in [0.717, 1.165) is 0 Å². The fourth-order valence-electron chi connectivity index (χ4n) is 5.17. The molecule has 47 heavy (non-hydrogen) atoms. The number of carbonyl (C=O) groups excluding carboxylic acids is 3. The van der Waals surface area contributed by atoms with Crippen molar-refractivity contribution < 1.29 is 33.0 Å². The van der Waals surface area contributed by atoms with Crippen LogP contribution in [0.5, 0.6) is 11.5 Å². The first kappa shape index (κ1) is 34.5. The average molecular weight is 654 g/mol. The Kier molecular flexibility index (Phi) is 11.2. The molecule has 10 N–H and O–H groups in total. The van der Waals surface area contributed by atoms with Crippen LogP contribution in [0.1, 0.15) is 59.9 Å². The molecule has 15 nitrogen and oxygen atoms in total. The van der Waals surface area contributed by atoms with Gasteiger partial charge in [0.05, 0.1) is 29.6 Å². The van der Waals surface area contributed by atoms with Gasteiger partial charge >= 0.3 is 0 Å². The number of nitrogens with two attached hydrogens (primary N) is 3. The molecule has 0 aliphatic carbocycles. The second-order valence-corrected chi connectivity index (χ2v) is 10.8. The van der Waals surface area contributed by atoms with Gasteiger partial charge in [0.15, 0.2) is 5.83 Å². The summed E-state index contributed by atoms with van der Waals surface area (Å²) >= 11 is 0. The molecule has 1 aromatic heterocycles. The minimum absolute atomic E-state index is 0.109. The lowest BCUT2D eigenvalue weighted by atomic mass is 10.1. The Hall–Kier alpha value is -5.38. The first-order valence-corrected chi connectivity index (χ1v) is 15.0. The molecule has 0 fully saturated rings. The topological polar surface area (TPSA) is 235 Å². The summed E-state index contributed by atoms with van der Waals surface area (Å²) < 4.78 is 33.5. The van der Waals surface area contributed by atoms with Gasteiger partial charge in [0, 0.05) is 44.4 Å². The van der Waals surface area contributed by atoms with E-state index < -0.39 is 35.0 Å². The highest BCUT2D eigenvalue weighted by molar-refractivity contribution is 6.09. The van der Waals surface area contributed by atoms with Crippen LogP contribution in [0, 0.1) is 5.41 Å². The van der Waals surface area contributed by atoms with Gasteiger partial charge in [-0.05, 0) is 51.0 Å². The third kappa shape index (κ3) is 7.89. The number of primary amides is 2. The predicted octanol–water partition coefficient (Wildman–Crippen LogP) is 2.83. The van der Waals surface area contributed by atoms with E-state index in [0.29, 0.717) is 72.9 Å². The molecule has 4 rings (SSSR count). The van der Waals surface area contributed by atoms with Crippen molar-refractivity contribution in [2.45, 2.75) is 39.2 Å². The van der Waals surface area contributed by atoms with Crippen LogP contribution < -0.4 is 42.6 Å². The number of carbonyl (C=O) groups is 3. The number of allylic oxidation sites excluding steroid dienone is 1. The highest BCUT2D eigenvalue weighted by atomic mass is 19.1. The van der Waals surface area contributed by atoms with Crippen LogP contribution in [-0.2, 0) is 9.53 Å². The number of methoxy groups -OCH3 is 1. The molecule has 252 valence electrons. The Balaban J connectivity index is 1.59. The van der Waals surface area contributed by atoms with E-state index in [2.05, 4.69) is 20.9 Å². The Morgan fingerprint density at radius 2 is 1.85 bits per heavy atom. The fourth-order valence-corrected chi connectivity index (χ4v) is 5.17. The van der Waals surface area contributed by atoms with Gasteiger partial charge in [0.25, 0.3) is 5.91 Å². The zero-order valence-electron chi connectivity index (χ0n) is 26.5. The number of aromatic nitrogens is 2. The lowest BCUT2D eigenvalue weighted by molar-refractivity contribution is -0.113. The second kappa shape index (κ2) is 15.3. The third-order valence-electron chi connectivity index (χ3n) is 7.37. The standard InChI is InChI=1S/C31H40FN9O6/c1-4-37-26(24(32)16(2)33)30(44)40-31-39-21-12-18(29(36)43)14-23-27(21)41(31)19(15-47-23)7-5-8-38-25-20(34)11-17(28(35)42)13-22(25)46-10-6-9-45-3/h11-14,19,33,37-38H,4-10,15,34H2,1-3H3,(H2,35,42)(H2,36,43)(H,39,40,44)/b26-24+,33-16?/t19-/m0/s1. The van der Waals surface area contributed by atoms with E-state index in [4.69, 9.17) is 36.8 Å². The molecule has 2 aromatic carbocycles. The van der Waals surface area contributed by atoms with Crippen LogP contribution in [0.2, 0.25) is 0 Å². The molecule has 0 radical (unpaired) electrons. The molecule has 1 atom stereocenters. The monoisotopic (exact) mass is 653 g/mol. The van der Waals surface area contributed by atoms with Crippen LogP contribution in [-0.4, -0.2) is 73.0 Å². The van der Waals surface area contributed by atoms with Crippen LogP contribution in [0.25, 0.3) is 11.0 Å². The van der Waals surface area contributed by atoms with E-state index in [1.165, 1.54) is 31.2 Å². The lowest BCUT2D eigenvalue weighted by Crippen LogP contribution is -2.30. The summed E-state index contributed by atoms with van der Waals surface area (Å²) in [5, 5.41) is 16.3. The summed E-state index contributed by atoms with van der Waals surface area (Å²) in [5.41, 5.74) is 18.5. The molecule has 0 bridgehead atoms. The highest BCUT2D eigenvalue weighted by Gasteiger charge is 2.30. The number of ether oxygens (including phenoxy) is 3. The van der Waals surface area contributed by atoms with Crippen LogP contribution in [0.3, 0.4) is 0 Å². The number of hydrogen-bond donors (Lipinski definition) is 7. The zero-order valence-corrected chi connectivity index (χ0v) is 26.5. The maximum atomic E-state index is 14.8. The Morgan fingerprint density at radius 1 is 1.13 bits per heavy atom. The van der Waals surface area contributed by atoms with Crippen LogP contribution in [0.15, 0.2) is 35.8 Å². The second-order valence-electron chi connectivity index (χ2n) is 10.8. The van der Waals surface area contributed by atoms with E-state index >= 15 is 0 Å². The SMILES string of the molecule is CCN/C(C(=O)Nc1nc2cc(C(N)=O)cc3c2n1[C@@H](CCCNc1c(N)cc(C(N)=O)cc1OCCCOC)CO3)=C(/F)C(C)=N. The van der Waals surface area contributed by atoms with Gasteiger partial charge in [-0.1, -0.05) is 0 Å². The number of nitrogens with one attached hydrogen (secondary N) is 4. The van der Waals surface area contributed by atoms with Gasteiger partial charge in [0.1, 0.15) is 35.0 Å². The summed E-state index contributed by atoms with van der Waals surface area (Å²) in [6, 6.07) is 5.70. The van der Waals surface area contributed by atoms with Gasteiger partial charge in [-0.15, -0.1) is 0 Å². The van der Waals surface area contributed by atoms with Crippen molar-refractivity contribution >= 4 is 51.8 Å². The third-order valence-corrected chi connectivity index (χ3v) is 7.37. The molecule has 3 aromatic rings. The van der Waals surface area contributed by atoms with Crippen molar-refractivity contribution in [3.63, 3.8) is 0 Å². The summed E-state index contributed by atoms with van der Waals surface area (Å²) in [6.45, 7) is 4.63. The summed E-state index contributed by atoms with van der Waals surface area (Å²) in [6.07, 6.45) is 1.74. The molecule has 1 aliphatic heterocycles. The summed E-state index contributed by atoms with van der Waals surface area (Å²) in [7, 11) is 1.59. The molecule has 2 heterocycles. The fraction of sp³-hybridized carbons (Fsp3) is 0.387. The average Bonchev–Trinajstić information content (AvgIpc) is 3.39. The van der Waals surface area contributed by atoms with E-state index in [1.807, 2.05) is 0 Å². The van der Waals surface area contributed by atoms with Gasteiger partial charge in [0.2, 0.25) is 17.8 Å². The number of likely N-dealkylation sites (N-methyl/N-ethyl adjacent to an activating group) is 1. The number of halogens is 1. The molecule has 0 unspecified atom stereocenters. The van der Waals surface area contributed by atoms with Gasteiger partial charge in [-0.2, -0.15) is 0 Å². The number of benzene rings is 2. The Morgan fingerprint density at radius 3 is 2.51 bits per heavy atom. The molecule has 0 saturated carbocycles. The number of nitrogen functional groups attached to an aromatic ring is 1. The quantitative estimate of drug-likeness (QED) is 0.0487. The molecule has 0 spiro atoms. The molecule has 1 aliphatic rings. The largest absolute Gasteiger partial charge is 0.491 e. The highest BCUT2D eigenvalue weighted by Crippen LogP contribution is 2.39. The van der Waals surface area contributed by atoms with Crippen molar-refractivity contribution in [2.75, 3.05) is 56.4 Å². The van der Waals surface area contributed by atoms with E-state index in [-0.39, 0.29) is 36.3 Å². The van der Waals surface area contributed by atoms with Gasteiger partial charge < -0.3 is 52.0 Å². The molecule has 3 amide bonds. The van der Waals surface area contributed by atoms with E-state index in [9.17, 15) is 18.8 Å². The normalized spacial score (nSPS) is 14.2. The number of hydrogen-bond acceptors (Lipinski definition) is 11. The number of rotatable bonds is 17. The minimum Gasteiger partial charge on any atom is -0.491 e. The first-order chi connectivity index (χ1) is 22.5. The number of imidazole rings is 1. The zero-order chi connectivity index (χ0) is 34.2. The number of nitrogens with zero attached hydrogens (tertiary/aromatic N) is 2. The van der Waals surface area contributed by atoms with Crippen molar-refractivity contribution in [1.82, 2.24) is 14.9 Å². The van der Waals surface area contributed by atoms with Crippen molar-refractivity contribution in [3.05, 3.63) is 46.9 Å². The number of amides is 3. The smallest absolute Gasteiger partial charge is 0.277 e. The summed E-state index contributed by atoms with van der Waals surface area (Å²) in [4.78, 5) is 41.6. The minimum atomic E-state index is -0.994. The molecular weight excluding hydrogens is 613 g/mol. The molecule has 16 heteroatoms. The molecule has 0 saturated heterocycles. The van der Waals surface area contributed by atoms with Gasteiger partial charge in [-0.25, -0.2) is 9.37 Å². The summed E-state index contributed by atoms with van der Waals surface area (Å²) in [5.74, 6) is -2.27.